The molecule has 3 rings (SSSR count). The highest BCUT2D eigenvalue weighted by Gasteiger charge is 2.33. The minimum absolute atomic E-state index is 0.0689. The number of fused-ring (bicyclic) bond motifs is 1. The molecule has 0 unspecified atom stereocenters. The predicted octanol–water partition coefficient (Wildman–Crippen LogP) is 4.39. The van der Waals surface area contributed by atoms with Gasteiger partial charge in [0.1, 0.15) is 6.54 Å². The molecule has 144 valence electrons. The lowest BCUT2D eigenvalue weighted by molar-refractivity contribution is -0.117. The van der Waals surface area contributed by atoms with Crippen LogP contribution in [0.5, 0.6) is 0 Å². The van der Waals surface area contributed by atoms with Crippen molar-refractivity contribution >= 4 is 62.1 Å². The molecule has 9 heteroatoms. The Hall–Kier alpha value is -1.47. The van der Waals surface area contributed by atoms with Crippen LogP contribution < -0.4 is 9.21 Å². The molecule has 0 radical (unpaired) electrons. The maximum Gasteiger partial charge on any atom is 0.248 e. The second-order valence-electron chi connectivity index (χ2n) is 6.43. The predicted molar refractivity (Wildman–Crippen MR) is 111 cm³/mol. The van der Waals surface area contributed by atoms with Crippen LogP contribution in [0.2, 0.25) is 15.1 Å². The Kier molecular flexibility index (Phi) is 5.64. The summed E-state index contributed by atoms with van der Waals surface area (Å²) < 4.78 is 25.7. The van der Waals surface area contributed by atoms with Crippen molar-refractivity contribution in [3.8, 4) is 0 Å². The van der Waals surface area contributed by atoms with Crippen LogP contribution in [0.15, 0.2) is 36.4 Å². The van der Waals surface area contributed by atoms with Gasteiger partial charge >= 0.3 is 0 Å². The third-order valence-corrected chi connectivity index (χ3v) is 6.56. The fourth-order valence-electron chi connectivity index (χ4n) is 3.23. The van der Waals surface area contributed by atoms with E-state index in [2.05, 4.69) is 0 Å². The molecule has 1 aliphatic heterocycles. The standard InChI is InChI=1S/C18H17Cl3N2O3S/c1-11-7-12-5-3-4-6-16(12)23(11)18(24)10-22(27(2,25)26)17-9-14(20)13(19)8-15(17)21/h3-6,8-9,11H,7,10H2,1-2H3/t11-/m1/s1. The van der Waals surface area contributed by atoms with Crippen molar-refractivity contribution in [3.63, 3.8) is 0 Å². The zero-order valence-electron chi connectivity index (χ0n) is 14.6. The molecule has 0 saturated carbocycles. The van der Waals surface area contributed by atoms with E-state index in [1.54, 1.807) is 4.90 Å². The van der Waals surface area contributed by atoms with Crippen molar-refractivity contribution in [2.24, 2.45) is 0 Å². The van der Waals surface area contributed by atoms with Crippen LogP contribution in [0.4, 0.5) is 11.4 Å². The van der Waals surface area contributed by atoms with E-state index in [0.29, 0.717) is 6.42 Å². The van der Waals surface area contributed by atoms with Crippen molar-refractivity contribution in [3.05, 3.63) is 57.0 Å². The molecule has 0 bridgehead atoms. The molecular formula is C18H17Cl3N2O3S. The minimum atomic E-state index is -3.79. The highest BCUT2D eigenvalue weighted by molar-refractivity contribution is 7.92. The van der Waals surface area contributed by atoms with Gasteiger partial charge in [-0.3, -0.25) is 9.10 Å². The first-order chi connectivity index (χ1) is 12.6. The summed E-state index contributed by atoms with van der Waals surface area (Å²) in [7, 11) is -3.79. The third-order valence-electron chi connectivity index (χ3n) is 4.41. The summed E-state index contributed by atoms with van der Waals surface area (Å²) in [5, 5.41) is 0.446. The smallest absolute Gasteiger partial charge is 0.248 e. The maximum atomic E-state index is 13.0. The molecule has 0 aromatic heterocycles. The lowest BCUT2D eigenvalue weighted by Gasteiger charge is -2.28. The van der Waals surface area contributed by atoms with E-state index >= 15 is 0 Å². The van der Waals surface area contributed by atoms with Gasteiger partial charge in [-0.25, -0.2) is 8.42 Å². The van der Waals surface area contributed by atoms with Crippen molar-refractivity contribution in [1.82, 2.24) is 0 Å². The Bertz CT molecular complexity index is 1010. The van der Waals surface area contributed by atoms with Gasteiger partial charge in [0.15, 0.2) is 0 Å². The van der Waals surface area contributed by atoms with E-state index in [4.69, 9.17) is 34.8 Å². The van der Waals surface area contributed by atoms with Crippen LogP contribution in [-0.4, -0.2) is 33.2 Å². The van der Waals surface area contributed by atoms with Gasteiger partial charge in [-0.1, -0.05) is 53.0 Å². The minimum Gasteiger partial charge on any atom is -0.307 e. The van der Waals surface area contributed by atoms with E-state index in [0.717, 1.165) is 21.8 Å². The van der Waals surface area contributed by atoms with Gasteiger partial charge in [-0.2, -0.15) is 0 Å². The van der Waals surface area contributed by atoms with Gasteiger partial charge in [0.2, 0.25) is 15.9 Å². The van der Waals surface area contributed by atoms with Crippen molar-refractivity contribution in [2.75, 3.05) is 22.0 Å². The fraction of sp³-hybridized carbons (Fsp3) is 0.278. The van der Waals surface area contributed by atoms with Crippen LogP contribution in [0.3, 0.4) is 0 Å². The Balaban J connectivity index is 1.98. The van der Waals surface area contributed by atoms with Crippen molar-refractivity contribution in [2.45, 2.75) is 19.4 Å². The van der Waals surface area contributed by atoms with E-state index in [-0.39, 0.29) is 32.7 Å². The van der Waals surface area contributed by atoms with E-state index in [9.17, 15) is 13.2 Å². The normalized spacial score (nSPS) is 16.3. The first-order valence-corrected chi connectivity index (χ1v) is 11.1. The van der Waals surface area contributed by atoms with E-state index < -0.39 is 16.6 Å². The number of benzene rings is 2. The van der Waals surface area contributed by atoms with E-state index in [1.165, 1.54) is 12.1 Å². The first kappa shape index (κ1) is 20.3. The molecule has 0 aliphatic carbocycles. The second kappa shape index (κ2) is 7.51. The molecule has 5 nitrogen and oxygen atoms in total. The molecule has 1 atom stereocenters. The summed E-state index contributed by atoms with van der Waals surface area (Å²) in [5.74, 6) is -0.347. The van der Waals surface area contributed by atoms with Crippen LogP contribution >= 0.6 is 34.8 Å². The van der Waals surface area contributed by atoms with Crippen LogP contribution in [-0.2, 0) is 21.2 Å². The zero-order valence-corrected chi connectivity index (χ0v) is 17.7. The number of hydrogen-bond acceptors (Lipinski definition) is 3. The lowest BCUT2D eigenvalue weighted by Crippen LogP contribution is -2.45. The molecule has 0 fully saturated rings. The molecular weight excluding hydrogens is 431 g/mol. The number of para-hydroxylation sites is 1. The van der Waals surface area contributed by atoms with Crippen molar-refractivity contribution in [1.29, 1.82) is 0 Å². The molecule has 1 heterocycles. The number of nitrogens with zero attached hydrogens (tertiary/aromatic N) is 2. The lowest BCUT2D eigenvalue weighted by atomic mass is 10.1. The highest BCUT2D eigenvalue weighted by Crippen LogP contribution is 2.36. The molecule has 2 aromatic rings. The average Bonchev–Trinajstić information content (AvgIpc) is 2.91. The number of carbonyl (C=O) groups excluding carboxylic acids is 1. The van der Waals surface area contributed by atoms with Gasteiger partial charge in [0, 0.05) is 11.7 Å². The zero-order chi connectivity index (χ0) is 19.9. The summed E-state index contributed by atoms with van der Waals surface area (Å²) in [6, 6.07) is 10.2. The molecule has 27 heavy (non-hydrogen) atoms. The first-order valence-electron chi connectivity index (χ1n) is 8.12. The van der Waals surface area contributed by atoms with E-state index in [1.807, 2.05) is 31.2 Å². The molecule has 0 saturated heterocycles. The Labute approximate surface area is 173 Å². The Morgan fingerprint density at radius 3 is 2.44 bits per heavy atom. The SMILES string of the molecule is C[C@@H]1Cc2ccccc2N1C(=O)CN(c1cc(Cl)c(Cl)cc1Cl)S(C)(=O)=O. The van der Waals surface area contributed by atoms with Gasteiger partial charge in [0.25, 0.3) is 0 Å². The van der Waals surface area contributed by atoms with Gasteiger partial charge in [-0.05, 0) is 37.1 Å². The largest absolute Gasteiger partial charge is 0.307 e. The number of sulfonamides is 1. The van der Waals surface area contributed by atoms with Gasteiger partial charge in [-0.15, -0.1) is 0 Å². The van der Waals surface area contributed by atoms with Gasteiger partial charge < -0.3 is 4.90 Å². The van der Waals surface area contributed by atoms with Crippen LogP contribution in [0.1, 0.15) is 12.5 Å². The molecule has 1 aliphatic rings. The average molecular weight is 448 g/mol. The highest BCUT2D eigenvalue weighted by atomic mass is 35.5. The topological polar surface area (TPSA) is 57.7 Å². The number of anilines is 2. The summed E-state index contributed by atoms with van der Waals surface area (Å²) in [4.78, 5) is 14.7. The second-order valence-corrected chi connectivity index (χ2v) is 9.56. The molecule has 0 spiro atoms. The van der Waals surface area contributed by atoms with Crippen LogP contribution in [0, 0.1) is 0 Å². The number of carbonyl (C=O) groups is 1. The quantitative estimate of drug-likeness (QED) is 0.653. The Morgan fingerprint density at radius 2 is 1.78 bits per heavy atom. The van der Waals surface area contributed by atoms with Crippen LogP contribution in [0.25, 0.3) is 0 Å². The summed E-state index contributed by atoms with van der Waals surface area (Å²) in [6.45, 7) is 1.53. The Morgan fingerprint density at radius 1 is 1.15 bits per heavy atom. The molecule has 2 aromatic carbocycles. The number of hydrogen-bond donors (Lipinski definition) is 0. The van der Waals surface area contributed by atoms with Crippen molar-refractivity contribution < 1.29 is 13.2 Å². The summed E-state index contributed by atoms with van der Waals surface area (Å²) in [5.41, 5.74) is 1.96. The number of rotatable bonds is 4. The third kappa shape index (κ3) is 4.04. The molecule has 1 amide bonds. The summed E-state index contributed by atoms with van der Waals surface area (Å²) in [6.07, 6.45) is 1.73. The fourth-order valence-corrected chi connectivity index (χ4v) is 4.78. The number of halogens is 3. The molecule has 0 N–H and O–H groups in total. The summed E-state index contributed by atoms with van der Waals surface area (Å²) >= 11 is 18.1. The maximum absolute atomic E-state index is 13.0. The number of amides is 1. The van der Waals surface area contributed by atoms with Gasteiger partial charge in [0.05, 0.1) is 27.0 Å². The monoisotopic (exact) mass is 446 g/mol.